The molecule has 0 atom stereocenters. The van der Waals surface area contributed by atoms with Crippen LogP contribution in [0.25, 0.3) is 0 Å². The molecular formula is C14H21NO2. The van der Waals surface area contributed by atoms with Crippen LogP contribution >= 0.6 is 0 Å². The molecule has 0 spiro atoms. The van der Waals surface area contributed by atoms with Crippen molar-refractivity contribution in [3.63, 3.8) is 0 Å². The van der Waals surface area contributed by atoms with E-state index >= 15 is 0 Å². The molecule has 0 unspecified atom stereocenters. The SMILES string of the molecule is CCc1cc(CCCCN)c2c(c1)OCCO2. The van der Waals surface area contributed by atoms with E-state index < -0.39 is 0 Å². The lowest BCUT2D eigenvalue weighted by Gasteiger charge is -2.22. The quantitative estimate of drug-likeness (QED) is 0.796. The first kappa shape index (κ1) is 12.2. The van der Waals surface area contributed by atoms with Crippen molar-refractivity contribution in [3.05, 3.63) is 23.3 Å². The molecule has 0 radical (unpaired) electrons. The standard InChI is InChI=1S/C14H21NO2/c1-2-11-9-12(5-3-4-6-15)14-13(10-11)16-7-8-17-14/h9-10H,2-8,15H2,1H3. The maximum Gasteiger partial charge on any atom is 0.164 e. The number of fused-ring (bicyclic) bond motifs is 1. The number of hydrogen-bond acceptors (Lipinski definition) is 3. The molecular weight excluding hydrogens is 214 g/mol. The van der Waals surface area contributed by atoms with Gasteiger partial charge in [0.2, 0.25) is 0 Å². The topological polar surface area (TPSA) is 44.5 Å². The molecule has 0 fully saturated rings. The predicted molar refractivity (Wildman–Crippen MR) is 68.8 cm³/mol. The summed E-state index contributed by atoms with van der Waals surface area (Å²) in [5.41, 5.74) is 8.12. The molecule has 0 aliphatic carbocycles. The van der Waals surface area contributed by atoms with Crippen molar-refractivity contribution in [1.29, 1.82) is 0 Å². The van der Waals surface area contributed by atoms with Crippen molar-refractivity contribution in [1.82, 2.24) is 0 Å². The van der Waals surface area contributed by atoms with Gasteiger partial charge in [0.1, 0.15) is 13.2 Å². The Balaban J connectivity index is 2.21. The Morgan fingerprint density at radius 2 is 2.00 bits per heavy atom. The van der Waals surface area contributed by atoms with Gasteiger partial charge in [0.25, 0.3) is 0 Å². The van der Waals surface area contributed by atoms with Gasteiger partial charge in [0, 0.05) is 0 Å². The molecule has 3 nitrogen and oxygen atoms in total. The van der Waals surface area contributed by atoms with E-state index in [9.17, 15) is 0 Å². The van der Waals surface area contributed by atoms with Crippen molar-refractivity contribution < 1.29 is 9.47 Å². The molecule has 1 aliphatic heterocycles. The molecule has 1 aromatic rings. The number of unbranched alkanes of at least 4 members (excludes halogenated alkanes) is 1. The van der Waals surface area contributed by atoms with Gasteiger partial charge in [-0.05, 0) is 49.4 Å². The normalized spacial score (nSPS) is 13.8. The molecule has 0 bridgehead atoms. The first-order valence-electron chi connectivity index (χ1n) is 6.46. The fourth-order valence-electron chi connectivity index (χ4n) is 2.14. The van der Waals surface area contributed by atoms with E-state index in [1.165, 1.54) is 11.1 Å². The van der Waals surface area contributed by atoms with Gasteiger partial charge in [-0.15, -0.1) is 0 Å². The molecule has 3 heteroatoms. The highest BCUT2D eigenvalue weighted by molar-refractivity contribution is 5.50. The van der Waals surface area contributed by atoms with Gasteiger partial charge in [0.05, 0.1) is 0 Å². The third-order valence-electron chi connectivity index (χ3n) is 3.09. The lowest BCUT2D eigenvalue weighted by atomic mass is 10.0. The van der Waals surface area contributed by atoms with E-state index in [0.29, 0.717) is 13.2 Å². The highest BCUT2D eigenvalue weighted by Crippen LogP contribution is 2.36. The van der Waals surface area contributed by atoms with Gasteiger partial charge in [-0.25, -0.2) is 0 Å². The minimum atomic E-state index is 0.655. The molecule has 2 N–H and O–H groups in total. The second-order valence-electron chi connectivity index (χ2n) is 4.38. The van der Waals surface area contributed by atoms with Crippen LogP contribution in [0.15, 0.2) is 12.1 Å². The molecule has 0 saturated heterocycles. The van der Waals surface area contributed by atoms with Crippen molar-refractivity contribution in [2.75, 3.05) is 19.8 Å². The Hall–Kier alpha value is -1.22. The van der Waals surface area contributed by atoms with Crippen LogP contribution in [0.1, 0.15) is 30.9 Å². The maximum absolute atomic E-state index is 5.73. The largest absolute Gasteiger partial charge is 0.486 e. The van der Waals surface area contributed by atoms with E-state index in [4.69, 9.17) is 15.2 Å². The molecule has 0 saturated carbocycles. The lowest BCUT2D eigenvalue weighted by molar-refractivity contribution is 0.169. The van der Waals surface area contributed by atoms with Crippen LogP contribution in [0.3, 0.4) is 0 Å². The van der Waals surface area contributed by atoms with Gasteiger partial charge < -0.3 is 15.2 Å². The van der Waals surface area contributed by atoms with Gasteiger partial charge in [-0.3, -0.25) is 0 Å². The third kappa shape index (κ3) is 2.91. The van der Waals surface area contributed by atoms with E-state index in [2.05, 4.69) is 19.1 Å². The van der Waals surface area contributed by atoms with Crippen LogP contribution in [0.5, 0.6) is 11.5 Å². The number of ether oxygens (including phenoxy) is 2. The van der Waals surface area contributed by atoms with Crippen LogP contribution in [0, 0.1) is 0 Å². The second-order valence-corrected chi connectivity index (χ2v) is 4.38. The Labute approximate surface area is 103 Å². The number of aryl methyl sites for hydroxylation is 2. The van der Waals surface area contributed by atoms with Gasteiger partial charge in [-0.1, -0.05) is 13.0 Å². The smallest absolute Gasteiger partial charge is 0.164 e. The van der Waals surface area contributed by atoms with Crippen LogP contribution in [-0.2, 0) is 12.8 Å². The third-order valence-corrected chi connectivity index (χ3v) is 3.09. The summed E-state index contributed by atoms with van der Waals surface area (Å²) in [7, 11) is 0. The minimum Gasteiger partial charge on any atom is -0.486 e. The van der Waals surface area contributed by atoms with E-state index in [0.717, 1.165) is 43.7 Å². The number of nitrogens with two attached hydrogens (primary N) is 1. The number of hydrogen-bond donors (Lipinski definition) is 1. The summed E-state index contributed by atoms with van der Waals surface area (Å²) in [6.45, 7) is 4.23. The summed E-state index contributed by atoms with van der Waals surface area (Å²) in [5, 5.41) is 0. The zero-order valence-corrected chi connectivity index (χ0v) is 10.5. The fraction of sp³-hybridized carbons (Fsp3) is 0.571. The van der Waals surface area contributed by atoms with Crippen molar-refractivity contribution in [2.24, 2.45) is 5.73 Å². The molecule has 2 rings (SSSR count). The minimum absolute atomic E-state index is 0.655. The maximum atomic E-state index is 5.73. The van der Waals surface area contributed by atoms with Crippen LogP contribution in [0.2, 0.25) is 0 Å². The lowest BCUT2D eigenvalue weighted by Crippen LogP contribution is -2.17. The monoisotopic (exact) mass is 235 g/mol. The van der Waals surface area contributed by atoms with E-state index in [1.54, 1.807) is 0 Å². The summed E-state index contributed by atoms with van der Waals surface area (Å²) in [6, 6.07) is 4.34. The molecule has 1 aromatic carbocycles. The average molecular weight is 235 g/mol. The Kier molecular flexibility index (Phi) is 4.26. The molecule has 17 heavy (non-hydrogen) atoms. The summed E-state index contributed by atoms with van der Waals surface area (Å²) in [5.74, 6) is 1.86. The van der Waals surface area contributed by atoms with Crippen LogP contribution < -0.4 is 15.2 Å². The number of benzene rings is 1. The predicted octanol–water partition coefficient (Wildman–Crippen LogP) is 2.30. The molecule has 1 heterocycles. The molecule has 0 aromatic heterocycles. The number of rotatable bonds is 5. The molecule has 94 valence electrons. The van der Waals surface area contributed by atoms with E-state index in [-0.39, 0.29) is 0 Å². The van der Waals surface area contributed by atoms with Gasteiger partial charge >= 0.3 is 0 Å². The summed E-state index contributed by atoms with van der Waals surface area (Å²) in [6.07, 6.45) is 4.22. The van der Waals surface area contributed by atoms with Gasteiger partial charge in [-0.2, -0.15) is 0 Å². The Morgan fingerprint density at radius 1 is 1.18 bits per heavy atom. The zero-order valence-electron chi connectivity index (χ0n) is 10.5. The second kappa shape index (κ2) is 5.92. The van der Waals surface area contributed by atoms with Crippen molar-refractivity contribution in [2.45, 2.75) is 32.6 Å². The molecule has 0 amide bonds. The Bertz CT molecular complexity index is 377. The fourth-order valence-corrected chi connectivity index (χ4v) is 2.14. The van der Waals surface area contributed by atoms with E-state index in [1.807, 2.05) is 0 Å². The summed E-state index contributed by atoms with van der Waals surface area (Å²) < 4.78 is 11.4. The summed E-state index contributed by atoms with van der Waals surface area (Å²) in [4.78, 5) is 0. The first-order valence-corrected chi connectivity index (χ1v) is 6.46. The highest BCUT2D eigenvalue weighted by atomic mass is 16.6. The Morgan fingerprint density at radius 3 is 2.76 bits per heavy atom. The van der Waals surface area contributed by atoms with Crippen LogP contribution in [0.4, 0.5) is 0 Å². The van der Waals surface area contributed by atoms with Gasteiger partial charge in [0.15, 0.2) is 11.5 Å². The molecule has 1 aliphatic rings. The van der Waals surface area contributed by atoms with Crippen molar-refractivity contribution >= 4 is 0 Å². The highest BCUT2D eigenvalue weighted by Gasteiger charge is 2.16. The van der Waals surface area contributed by atoms with Crippen molar-refractivity contribution in [3.8, 4) is 11.5 Å². The zero-order chi connectivity index (χ0) is 12.1. The van der Waals surface area contributed by atoms with Crippen LogP contribution in [-0.4, -0.2) is 19.8 Å². The first-order chi connectivity index (χ1) is 8.35. The average Bonchev–Trinajstić information content (AvgIpc) is 2.38. The summed E-state index contributed by atoms with van der Waals surface area (Å²) >= 11 is 0.